The fourth-order valence-electron chi connectivity index (χ4n) is 4.72. The fraction of sp³-hybridized carbons (Fsp3) is 0.565. The Bertz CT molecular complexity index is 867. The van der Waals surface area contributed by atoms with Crippen LogP contribution in [0.1, 0.15) is 57.9 Å². The van der Waals surface area contributed by atoms with Gasteiger partial charge >= 0.3 is 0 Å². The van der Waals surface area contributed by atoms with Crippen molar-refractivity contribution < 1.29 is 14.4 Å². The van der Waals surface area contributed by atoms with Crippen molar-refractivity contribution in [1.29, 1.82) is 5.41 Å². The molecule has 2 atom stereocenters. The van der Waals surface area contributed by atoms with Gasteiger partial charge in [0.1, 0.15) is 11.8 Å². The molecule has 2 fully saturated rings. The van der Waals surface area contributed by atoms with E-state index in [1.807, 2.05) is 0 Å². The Balaban J connectivity index is 1.60. The van der Waals surface area contributed by atoms with E-state index in [2.05, 4.69) is 24.5 Å². The lowest BCUT2D eigenvalue weighted by molar-refractivity contribution is -0.137. The summed E-state index contributed by atoms with van der Waals surface area (Å²) in [6.45, 7) is 4.99. The first-order valence-electron chi connectivity index (χ1n) is 11.0. The lowest BCUT2D eigenvalue weighted by atomic mass is 9.75. The molecule has 3 rings (SSSR count). The molecule has 1 aromatic rings. The monoisotopic (exact) mass is 427 g/mol. The van der Waals surface area contributed by atoms with Crippen molar-refractivity contribution in [1.82, 2.24) is 10.2 Å². The van der Waals surface area contributed by atoms with E-state index in [1.165, 1.54) is 6.42 Å². The molecule has 0 spiro atoms. The van der Waals surface area contributed by atoms with Crippen molar-refractivity contribution >= 4 is 29.1 Å². The Kier molecular flexibility index (Phi) is 6.97. The van der Waals surface area contributed by atoms with E-state index < -0.39 is 11.9 Å². The minimum atomic E-state index is -0.831. The summed E-state index contributed by atoms with van der Waals surface area (Å²) >= 11 is 0. The maximum atomic E-state index is 12.9. The number of hydrogen-bond acceptors (Lipinski definition) is 5. The van der Waals surface area contributed by atoms with Crippen LogP contribution >= 0.6 is 0 Å². The number of hydrogen-bond donors (Lipinski definition) is 4. The van der Waals surface area contributed by atoms with Crippen molar-refractivity contribution in [2.45, 2.75) is 64.5 Å². The smallest absolute Gasteiger partial charge is 0.267 e. The summed E-state index contributed by atoms with van der Waals surface area (Å²) in [5.74, 6) is -1.07. The lowest BCUT2D eigenvalue weighted by Crippen LogP contribution is -2.51. The molecule has 3 amide bonds. The SMILES string of the molecule is CC1(C)CCCC(NC(=O)[C@@H]2CCCN2C(=O)CNc2ccccc2C(=N)C(N)=O)C1. The minimum absolute atomic E-state index is 0.0245. The summed E-state index contributed by atoms with van der Waals surface area (Å²) in [6.07, 6.45) is 5.69. The highest BCUT2D eigenvalue weighted by atomic mass is 16.2. The number of carbonyl (C=O) groups is 3. The van der Waals surface area contributed by atoms with E-state index in [-0.39, 0.29) is 35.5 Å². The van der Waals surface area contributed by atoms with Gasteiger partial charge in [0.25, 0.3) is 5.91 Å². The van der Waals surface area contributed by atoms with Gasteiger partial charge in [0, 0.05) is 23.8 Å². The second kappa shape index (κ2) is 9.49. The van der Waals surface area contributed by atoms with Crippen molar-refractivity contribution in [3.05, 3.63) is 29.8 Å². The van der Waals surface area contributed by atoms with Gasteiger partial charge in [-0.15, -0.1) is 0 Å². The van der Waals surface area contributed by atoms with Crippen LogP contribution in [0.4, 0.5) is 5.69 Å². The van der Waals surface area contributed by atoms with Gasteiger partial charge in [-0.05, 0) is 43.6 Å². The third-order valence-corrected chi connectivity index (χ3v) is 6.30. The summed E-state index contributed by atoms with van der Waals surface area (Å²) in [6, 6.07) is 6.48. The highest BCUT2D eigenvalue weighted by Gasteiger charge is 2.36. The standard InChI is InChI=1S/C23H33N5O3/c1-23(2)11-5-7-15(13-23)27-22(31)18-10-6-12-28(18)19(29)14-26-17-9-4-3-8-16(17)20(24)21(25)30/h3-4,8-9,15,18,24,26H,5-7,10-14H2,1-2H3,(H2,25,30)(H,27,31)/t15?,18-/m0/s1. The van der Waals surface area contributed by atoms with Crippen LogP contribution in [0.15, 0.2) is 24.3 Å². The third kappa shape index (κ3) is 5.62. The van der Waals surface area contributed by atoms with Gasteiger partial charge in [-0.1, -0.05) is 38.5 Å². The van der Waals surface area contributed by atoms with Crippen molar-refractivity contribution in [3.63, 3.8) is 0 Å². The number of nitrogens with two attached hydrogens (primary N) is 1. The summed E-state index contributed by atoms with van der Waals surface area (Å²) < 4.78 is 0. The number of likely N-dealkylation sites (tertiary alicyclic amines) is 1. The summed E-state index contributed by atoms with van der Waals surface area (Å²) in [4.78, 5) is 38.8. The zero-order chi connectivity index (χ0) is 22.6. The topological polar surface area (TPSA) is 128 Å². The van der Waals surface area contributed by atoms with Gasteiger partial charge in [-0.3, -0.25) is 19.8 Å². The average molecular weight is 428 g/mol. The van der Waals surface area contributed by atoms with E-state index in [0.29, 0.717) is 24.2 Å². The first-order valence-corrected chi connectivity index (χ1v) is 11.0. The molecule has 0 bridgehead atoms. The van der Waals surface area contributed by atoms with Crippen LogP contribution in [0.25, 0.3) is 0 Å². The van der Waals surface area contributed by atoms with E-state index in [0.717, 1.165) is 25.7 Å². The molecule has 0 radical (unpaired) electrons. The normalized spacial score (nSPS) is 22.6. The molecule has 1 unspecified atom stereocenters. The highest BCUT2D eigenvalue weighted by Crippen LogP contribution is 2.35. The van der Waals surface area contributed by atoms with Crippen molar-refractivity contribution in [3.8, 4) is 0 Å². The second-order valence-corrected chi connectivity index (χ2v) is 9.35. The molecule has 1 aliphatic heterocycles. The number of primary amides is 1. The zero-order valence-corrected chi connectivity index (χ0v) is 18.4. The lowest BCUT2D eigenvalue weighted by Gasteiger charge is -2.36. The number of benzene rings is 1. The number of rotatable bonds is 7. The van der Waals surface area contributed by atoms with Crippen LogP contribution < -0.4 is 16.4 Å². The van der Waals surface area contributed by atoms with Gasteiger partial charge < -0.3 is 21.3 Å². The van der Waals surface area contributed by atoms with E-state index in [9.17, 15) is 14.4 Å². The van der Waals surface area contributed by atoms with Gasteiger partial charge in [0.05, 0.1) is 6.54 Å². The Hall–Kier alpha value is -2.90. The fourth-order valence-corrected chi connectivity index (χ4v) is 4.72. The molecule has 8 heteroatoms. The molecule has 31 heavy (non-hydrogen) atoms. The molecule has 1 saturated heterocycles. The van der Waals surface area contributed by atoms with Gasteiger partial charge in [-0.25, -0.2) is 0 Å². The Morgan fingerprint density at radius 3 is 2.65 bits per heavy atom. The Labute approximate surface area is 183 Å². The first-order chi connectivity index (χ1) is 14.7. The maximum Gasteiger partial charge on any atom is 0.267 e. The molecule has 1 aliphatic carbocycles. The van der Waals surface area contributed by atoms with E-state index >= 15 is 0 Å². The van der Waals surface area contributed by atoms with Crippen molar-refractivity contribution in [2.24, 2.45) is 11.1 Å². The molecular weight excluding hydrogens is 394 g/mol. The predicted octanol–water partition coefficient (Wildman–Crippen LogP) is 2.03. The Morgan fingerprint density at radius 1 is 1.19 bits per heavy atom. The van der Waals surface area contributed by atoms with Crippen LogP contribution in [0.5, 0.6) is 0 Å². The number of nitrogens with zero attached hydrogens (tertiary/aromatic N) is 1. The first kappa shape index (κ1) is 22.8. The summed E-state index contributed by atoms with van der Waals surface area (Å²) in [5, 5.41) is 14.0. The molecule has 1 aromatic carbocycles. The zero-order valence-electron chi connectivity index (χ0n) is 18.4. The van der Waals surface area contributed by atoms with Crippen LogP contribution in [0.2, 0.25) is 0 Å². The average Bonchev–Trinajstić information content (AvgIpc) is 3.21. The third-order valence-electron chi connectivity index (χ3n) is 6.30. The predicted molar refractivity (Wildman–Crippen MR) is 120 cm³/mol. The summed E-state index contributed by atoms with van der Waals surface area (Å²) in [5.41, 5.74) is 5.98. The van der Waals surface area contributed by atoms with Gasteiger partial charge in [0.2, 0.25) is 11.8 Å². The molecule has 168 valence electrons. The number of anilines is 1. The maximum absolute atomic E-state index is 12.9. The largest absolute Gasteiger partial charge is 0.376 e. The van der Waals surface area contributed by atoms with Crippen LogP contribution in [0.3, 0.4) is 0 Å². The quantitative estimate of drug-likeness (QED) is 0.496. The molecular formula is C23H33N5O3. The highest BCUT2D eigenvalue weighted by molar-refractivity contribution is 6.44. The molecule has 1 saturated carbocycles. The number of amides is 3. The molecule has 8 nitrogen and oxygen atoms in total. The minimum Gasteiger partial charge on any atom is -0.376 e. The van der Waals surface area contributed by atoms with Crippen LogP contribution in [-0.2, 0) is 14.4 Å². The summed E-state index contributed by atoms with van der Waals surface area (Å²) in [7, 11) is 0. The van der Waals surface area contributed by atoms with E-state index in [1.54, 1.807) is 29.2 Å². The Morgan fingerprint density at radius 2 is 1.94 bits per heavy atom. The van der Waals surface area contributed by atoms with E-state index in [4.69, 9.17) is 11.1 Å². The van der Waals surface area contributed by atoms with Gasteiger partial charge in [-0.2, -0.15) is 0 Å². The molecule has 5 N–H and O–H groups in total. The second-order valence-electron chi connectivity index (χ2n) is 9.35. The number of carbonyl (C=O) groups excluding carboxylic acids is 3. The molecule has 0 aromatic heterocycles. The van der Waals surface area contributed by atoms with Gasteiger partial charge in [0.15, 0.2) is 0 Å². The number of nitrogens with one attached hydrogen (secondary N) is 3. The number of para-hydroxylation sites is 1. The molecule has 2 aliphatic rings. The van der Waals surface area contributed by atoms with Crippen LogP contribution in [0, 0.1) is 10.8 Å². The van der Waals surface area contributed by atoms with Crippen molar-refractivity contribution in [2.75, 3.05) is 18.4 Å². The molecule has 1 heterocycles. The van der Waals surface area contributed by atoms with Crippen LogP contribution in [-0.4, -0.2) is 53.5 Å².